The van der Waals surface area contributed by atoms with Gasteiger partial charge in [-0.25, -0.2) is 9.97 Å². The summed E-state index contributed by atoms with van der Waals surface area (Å²) in [6.07, 6.45) is 0. The second kappa shape index (κ2) is 4.51. The number of fused-ring (bicyclic) bond motifs is 1. The Kier molecular flexibility index (Phi) is 2.83. The van der Waals surface area contributed by atoms with Gasteiger partial charge in [0.05, 0.1) is 16.7 Å². The summed E-state index contributed by atoms with van der Waals surface area (Å²) in [5, 5.41) is 7.19. The van der Waals surface area contributed by atoms with Crippen LogP contribution in [0.4, 0.5) is 11.7 Å². The molecule has 6 heteroatoms. The van der Waals surface area contributed by atoms with Gasteiger partial charge in [0.2, 0.25) is 5.88 Å². The van der Waals surface area contributed by atoms with Crippen LogP contribution in [0.1, 0.15) is 11.3 Å². The van der Waals surface area contributed by atoms with Gasteiger partial charge in [-0.05, 0) is 26.0 Å². The summed E-state index contributed by atoms with van der Waals surface area (Å²) in [5.41, 5.74) is 3.27. The molecule has 96 valence electrons. The molecule has 19 heavy (non-hydrogen) atoms. The Labute approximate surface area is 114 Å². The van der Waals surface area contributed by atoms with Gasteiger partial charge in [-0.3, -0.25) is 0 Å². The zero-order chi connectivity index (χ0) is 13.4. The van der Waals surface area contributed by atoms with Crippen LogP contribution < -0.4 is 5.32 Å². The molecule has 3 aromatic rings. The molecule has 0 aliphatic rings. The van der Waals surface area contributed by atoms with Crippen molar-refractivity contribution in [2.45, 2.75) is 13.8 Å². The number of aryl methyl sites for hydroxylation is 1. The molecule has 1 N–H and O–H groups in total. The van der Waals surface area contributed by atoms with Gasteiger partial charge in [-0.15, -0.1) is 0 Å². The highest BCUT2D eigenvalue weighted by atomic mass is 35.5. The lowest BCUT2D eigenvalue weighted by atomic mass is 10.3. The van der Waals surface area contributed by atoms with Crippen LogP contribution in [0.15, 0.2) is 28.8 Å². The molecule has 0 radical (unpaired) electrons. The van der Waals surface area contributed by atoms with Gasteiger partial charge < -0.3 is 9.84 Å². The van der Waals surface area contributed by atoms with Crippen LogP contribution in [-0.4, -0.2) is 15.1 Å². The minimum absolute atomic E-state index is 0.298. The van der Waals surface area contributed by atoms with Crippen LogP contribution in [0.25, 0.3) is 11.0 Å². The third kappa shape index (κ3) is 2.13. The average molecular weight is 275 g/mol. The fraction of sp³-hybridized carbons (Fsp3) is 0.154. The number of hydrogen-bond donors (Lipinski definition) is 1. The van der Waals surface area contributed by atoms with Gasteiger partial charge in [0, 0.05) is 5.56 Å². The highest BCUT2D eigenvalue weighted by Crippen LogP contribution is 2.27. The van der Waals surface area contributed by atoms with E-state index in [-0.39, 0.29) is 0 Å². The maximum atomic E-state index is 6.11. The number of aromatic nitrogens is 3. The Morgan fingerprint density at radius 2 is 1.79 bits per heavy atom. The Bertz CT molecular complexity index is 753. The molecular weight excluding hydrogens is 264 g/mol. The van der Waals surface area contributed by atoms with Crippen LogP contribution in [0.3, 0.4) is 0 Å². The Balaban J connectivity index is 2.05. The van der Waals surface area contributed by atoms with Gasteiger partial charge in [-0.1, -0.05) is 28.9 Å². The summed E-state index contributed by atoms with van der Waals surface area (Å²) in [6.45, 7) is 3.79. The minimum Gasteiger partial charge on any atom is -0.338 e. The van der Waals surface area contributed by atoms with E-state index in [4.69, 9.17) is 16.1 Å². The van der Waals surface area contributed by atoms with Crippen molar-refractivity contribution in [1.29, 1.82) is 0 Å². The zero-order valence-corrected chi connectivity index (χ0v) is 11.2. The Hall–Kier alpha value is -2.14. The molecule has 1 aromatic carbocycles. The van der Waals surface area contributed by atoms with Crippen molar-refractivity contribution >= 4 is 34.3 Å². The monoisotopic (exact) mass is 274 g/mol. The van der Waals surface area contributed by atoms with Crippen LogP contribution in [-0.2, 0) is 0 Å². The van der Waals surface area contributed by atoms with E-state index in [1.54, 1.807) is 0 Å². The first-order valence-electron chi connectivity index (χ1n) is 5.77. The fourth-order valence-corrected chi connectivity index (χ4v) is 1.88. The molecule has 2 heterocycles. The number of benzene rings is 1. The highest BCUT2D eigenvalue weighted by Gasteiger charge is 2.12. The first kappa shape index (κ1) is 11.9. The van der Waals surface area contributed by atoms with Crippen molar-refractivity contribution in [3.63, 3.8) is 0 Å². The smallest absolute Gasteiger partial charge is 0.233 e. The molecule has 0 spiro atoms. The number of halogens is 1. The molecular formula is C13H11ClN4O. The topological polar surface area (TPSA) is 63.8 Å². The molecule has 0 atom stereocenters. The van der Waals surface area contributed by atoms with E-state index in [1.165, 1.54) is 0 Å². The van der Waals surface area contributed by atoms with E-state index in [0.29, 0.717) is 16.9 Å². The molecule has 0 fully saturated rings. The lowest BCUT2D eigenvalue weighted by molar-refractivity contribution is 0.429. The molecule has 0 unspecified atom stereocenters. The van der Waals surface area contributed by atoms with Crippen molar-refractivity contribution in [3.05, 3.63) is 40.7 Å². The van der Waals surface area contributed by atoms with Crippen LogP contribution in [0.2, 0.25) is 5.15 Å². The Morgan fingerprint density at radius 1 is 1.11 bits per heavy atom. The summed E-state index contributed by atoms with van der Waals surface area (Å²) in [5.74, 6) is 0.989. The zero-order valence-electron chi connectivity index (χ0n) is 10.4. The number of nitrogens with one attached hydrogen (secondary N) is 1. The first-order chi connectivity index (χ1) is 9.15. The summed E-state index contributed by atoms with van der Waals surface area (Å²) in [6, 6.07) is 7.53. The van der Waals surface area contributed by atoms with E-state index in [9.17, 15) is 0 Å². The number of nitrogens with zero attached hydrogens (tertiary/aromatic N) is 3. The molecule has 0 bridgehead atoms. The second-order valence-corrected chi connectivity index (χ2v) is 4.56. The van der Waals surface area contributed by atoms with E-state index < -0.39 is 0 Å². The largest absolute Gasteiger partial charge is 0.338 e. The summed E-state index contributed by atoms with van der Waals surface area (Å²) >= 11 is 6.11. The molecule has 5 nitrogen and oxygen atoms in total. The minimum atomic E-state index is 0.298. The third-order valence-corrected chi connectivity index (χ3v) is 3.18. The van der Waals surface area contributed by atoms with E-state index >= 15 is 0 Å². The number of rotatable bonds is 2. The van der Waals surface area contributed by atoms with Gasteiger partial charge >= 0.3 is 0 Å². The molecule has 0 aliphatic carbocycles. The summed E-state index contributed by atoms with van der Waals surface area (Å²) in [4.78, 5) is 8.71. The van der Waals surface area contributed by atoms with Crippen LogP contribution in [0.5, 0.6) is 0 Å². The van der Waals surface area contributed by atoms with E-state index in [1.807, 2.05) is 38.1 Å². The summed E-state index contributed by atoms with van der Waals surface area (Å²) in [7, 11) is 0. The maximum Gasteiger partial charge on any atom is 0.233 e. The predicted molar refractivity (Wildman–Crippen MR) is 73.8 cm³/mol. The standard InChI is InChI=1S/C13H11ClN4O/c1-7-8(2)18-19-13(7)17-12-11(14)15-9-5-3-4-6-10(9)16-12/h3-6H,1-2H3,(H,16,17). The van der Waals surface area contributed by atoms with Crippen molar-refractivity contribution in [2.75, 3.05) is 5.32 Å². The molecule has 2 aromatic heterocycles. The quantitative estimate of drug-likeness (QED) is 0.773. The number of para-hydroxylation sites is 2. The maximum absolute atomic E-state index is 6.11. The van der Waals surface area contributed by atoms with E-state index in [2.05, 4.69) is 20.4 Å². The number of hydrogen-bond acceptors (Lipinski definition) is 5. The molecule has 0 saturated heterocycles. The molecule has 0 aliphatic heterocycles. The van der Waals surface area contributed by atoms with Gasteiger partial charge in [0.15, 0.2) is 11.0 Å². The normalized spacial score (nSPS) is 10.9. The van der Waals surface area contributed by atoms with Crippen LogP contribution >= 0.6 is 11.6 Å². The van der Waals surface area contributed by atoms with E-state index in [0.717, 1.165) is 22.3 Å². The first-order valence-corrected chi connectivity index (χ1v) is 6.15. The number of anilines is 2. The predicted octanol–water partition coefficient (Wildman–Crippen LogP) is 3.63. The lowest BCUT2D eigenvalue weighted by Gasteiger charge is -2.05. The van der Waals surface area contributed by atoms with Crippen molar-refractivity contribution < 1.29 is 4.52 Å². The van der Waals surface area contributed by atoms with Crippen molar-refractivity contribution in [1.82, 2.24) is 15.1 Å². The molecule has 3 rings (SSSR count). The average Bonchev–Trinajstić information content (AvgIpc) is 2.71. The molecule has 0 saturated carbocycles. The van der Waals surface area contributed by atoms with Crippen molar-refractivity contribution in [2.24, 2.45) is 0 Å². The van der Waals surface area contributed by atoms with Gasteiger partial charge in [0.25, 0.3) is 0 Å². The van der Waals surface area contributed by atoms with Gasteiger partial charge in [0.1, 0.15) is 0 Å². The van der Waals surface area contributed by atoms with Gasteiger partial charge in [-0.2, -0.15) is 0 Å². The van der Waals surface area contributed by atoms with Crippen LogP contribution in [0, 0.1) is 13.8 Å². The lowest BCUT2D eigenvalue weighted by Crippen LogP contribution is -1.97. The SMILES string of the molecule is Cc1noc(Nc2nc3ccccc3nc2Cl)c1C. The third-order valence-electron chi connectivity index (χ3n) is 2.92. The van der Waals surface area contributed by atoms with Crippen molar-refractivity contribution in [3.8, 4) is 0 Å². The second-order valence-electron chi connectivity index (χ2n) is 4.20. The molecule has 0 amide bonds. The fourth-order valence-electron chi connectivity index (χ4n) is 1.70. The summed E-state index contributed by atoms with van der Waals surface area (Å²) < 4.78 is 5.18. The highest BCUT2D eigenvalue weighted by molar-refractivity contribution is 6.32. The Morgan fingerprint density at radius 3 is 2.42 bits per heavy atom.